The van der Waals surface area contributed by atoms with Crippen LogP contribution in [0.3, 0.4) is 0 Å². The minimum atomic E-state index is -4.92. The summed E-state index contributed by atoms with van der Waals surface area (Å²) in [6.07, 6.45) is 0.585. The molecule has 0 spiro atoms. The second-order valence-corrected chi connectivity index (χ2v) is 10.0. The lowest BCUT2D eigenvalue weighted by Gasteiger charge is -2.25. The molecule has 1 heterocycles. The van der Waals surface area contributed by atoms with E-state index in [1.54, 1.807) is 33.8 Å². The number of carbonyl (C=O) groups excluding carboxylic acids is 2. The molecule has 0 saturated heterocycles. The van der Waals surface area contributed by atoms with Crippen LogP contribution in [-0.2, 0) is 6.54 Å². The van der Waals surface area contributed by atoms with Crippen LogP contribution in [0.4, 0.5) is 13.2 Å². The number of aromatic nitrogens is 1. The molecule has 1 fully saturated rings. The zero-order valence-electron chi connectivity index (χ0n) is 20.0. The van der Waals surface area contributed by atoms with Crippen molar-refractivity contribution in [2.24, 2.45) is 11.7 Å². The molecule has 1 saturated carbocycles. The van der Waals surface area contributed by atoms with Gasteiger partial charge >= 0.3 is 6.36 Å². The molecule has 1 aliphatic carbocycles. The van der Waals surface area contributed by atoms with E-state index in [1.165, 1.54) is 18.6 Å². The van der Waals surface area contributed by atoms with Gasteiger partial charge in [0.25, 0.3) is 11.8 Å². The van der Waals surface area contributed by atoms with Crippen molar-refractivity contribution in [3.63, 3.8) is 0 Å². The number of hydrogen-bond donors (Lipinski definition) is 2. The molecule has 1 aromatic carbocycles. The van der Waals surface area contributed by atoms with Crippen LogP contribution in [0.15, 0.2) is 24.3 Å². The molecule has 6 nitrogen and oxygen atoms in total. The first-order valence-electron chi connectivity index (χ1n) is 11.5. The van der Waals surface area contributed by atoms with Gasteiger partial charge in [-0.05, 0) is 70.7 Å². The van der Waals surface area contributed by atoms with E-state index in [2.05, 4.69) is 10.1 Å². The number of alkyl halides is 3. The van der Waals surface area contributed by atoms with E-state index >= 15 is 0 Å². The van der Waals surface area contributed by atoms with Gasteiger partial charge in [-0.1, -0.05) is 19.3 Å². The quantitative estimate of drug-likeness (QED) is 0.568. The minimum Gasteiger partial charge on any atom is -0.406 e. The molecule has 3 rings (SSSR count). The van der Waals surface area contributed by atoms with E-state index in [4.69, 9.17) is 5.73 Å². The zero-order chi connectivity index (χ0) is 25.3. The van der Waals surface area contributed by atoms with Crippen molar-refractivity contribution in [3.8, 4) is 17.0 Å². The summed E-state index contributed by atoms with van der Waals surface area (Å²) in [5.41, 5.74) is 6.83. The Balaban J connectivity index is 2.13. The van der Waals surface area contributed by atoms with Crippen molar-refractivity contribution in [3.05, 3.63) is 41.1 Å². The number of halogens is 3. The van der Waals surface area contributed by atoms with Crippen molar-refractivity contribution >= 4 is 11.8 Å². The molecule has 34 heavy (non-hydrogen) atoms. The number of nitrogens with one attached hydrogen (secondary N) is 1. The Morgan fingerprint density at radius 2 is 1.74 bits per heavy atom. The molecule has 9 heteroatoms. The molecule has 3 N–H and O–H groups in total. The van der Waals surface area contributed by atoms with Crippen LogP contribution in [0.25, 0.3) is 11.3 Å². The van der Waals surface area contributed by atoms with E-state index < -0.39 is 29.5 Å². The average molecular weight is 480 g/mol. The van der Waals surface area contributed by atoms with Crippen LogP contribution in [0.2, 0.25) is 0 Å². The van der Waals surface area contributed by atoms with Crippen LogP contribution in [0.1, 0.15) is 79.3 Å². The molecule has 186 valence electrons. The Labute approximate surface area is 197 Å². The topological polar surface area (TPSA) is 86.4 Å². The van der Waals surface area contributed by atoms with Crippen LogP contribution in [-0.4, -0.2) is 28.3 Å². The first-order chi connectivity index (χ1) is 15.7. The minimum absolute atomic E-state index is 0.0235. The highest BCUT2D eigenvalue weighted by molar-refractivity contribution is 5.98. The summed E-state index contributed by atoms with van der Waals surface area (Å²) in [6.45, 7) is 7.72. The van der Waals surface area contributed by atoms with Gasteiger partial charge in [0.1, 0.15) is 5.75 Å². The summed E-state index contributed by atoms with van der Waals surface area (Å²) < 4.78 is 45.3. The van der Waals surface area contributed by atoms with Gasteiger partial charge in [-0.15, -0.1) is 13.2 Å². The van der Waals surface area contributed by atoms with Gasteiger partial charge < -0.3 is 20.4 Å². The molecule has 1 aliphatic rings. The number of primary amides is 1. The van der Waals surface area contributed by atoms with Gasteiger partial charge in [-0.2, -0.15) is 0 Å². The highest BCUT2D eigenvalue weighted by atomic mass is 19.4. The highest BCUT2D eigenvalue weighted by Gasteiger charge is 2.32. The molecular formula is C25H32F3N3O3. The maximum Gasteiger partial charge on any atom is 0.573 e. The fraction of sp³-hybridized carbons (Fsp3) is 0.520. The molecule has 2 aromatic rings. The van der Waals surface area contributed by atoms with Crippen molar-refractivity contribution in [1.29, 1.82) is 0 Å². The van der Waals surface area contributed by atoms with Gasteiger partial charge in [-0.25, -0.2) is 0 Å². The third kappa shape index (κ3) is 6.55. The molecule has 0 unspecified atom stereocenters. The zero-order valence-corrected chi connectivity index (χ0v) is 20.0. The molecule has 2 amide bonds. The van der Waals surface area contributed by atoms with Crippen molar-refractivity contribution in [1.82, 2.24) is 9.88 Å². The predicted octanol–water partition coefficient (Wildman–Crippen LogP) is 5.57. The SMILES string of the molecule is Cc1c(C(N)=O)cc(-c2cc(OC(F)(F)F)cc(C(=O)NC(C)(C)C)c2)n1CC1CCCCC1. The summed E-state index contributed by atoms with van der Waals surface area (Å²) in [5, 5.41) is 2.76. The Morgan fingerprint density at radius 1 is 1.09 bits per heavy atom. The van der Waals surface area contributed by atoms with Crippen molar-refractivity contribution < 1.29 is 27.5 Å². The fourth-order valence-electron chi connectivity index (χ4n) is 4.48. The maximum absolute atomic E-state index is 13.1. The van der Waals surface area contributed by atoms with Gasteiger partial charge in [0.05, 0.1) is 5.56 Å². The lowest BCUT2D eigenvalue weighted by atomic mass is 9.89. The lowest BCUT2D eigenvalue weighted by molar-refractivity contribution is -0.274. The number of rotatable bonds is 6. The van der Waals surface area contributed by atoms with Crippen molar-refractivity contribution in [2.45, 2.75) is 78.2 Å². The van der Waals surface area contributed by atoms with E-state index in [-0.39, 0.29) is 5.56 Å². The molecule has 0 aliphatic heterocycles. The van der Waals surface area contributed by atoms with Gasteiger partial charge in [0.2, 0.25) is 0 Å². The first-order valence-corrected chi connectivity index (χ1v) is 11.5. The number of nitrogens with two attached hydrogens (primary N) is 1. The van der Waals surface area contributed by atoms with Crippen LogP contribution < -0.4 is 15.8 Å². The number of amides is 2. The largest absolute Gasteiger partial charge is 0.573 e. The number of benzene rings is 1. The number of hydrogen-bond acceptors (Lipinski definition) is 3. The first kappa shape index (κ1) is 25.6. The second kappa shape index (κ2) is 9.72. The lowest BCUT2D eigenvalue weighted by Crippen LogP contribution is -2.40. The Hall–Kier alpha value is -2.97. The third-order valence-electron chi connectivity index (χ3n) is 5.98. The van der Waals surface area contributed by atoms with Crippen molar-refractivity contribution in [2.75, 3.05) is 0 Å². The standard InChI is InChI=1S/C25H32F3N3O3/c1-15-20(22(29)32)13-21(31(15)14-16-8-6-5-7-9-16)17-10-18(23(33)30-24(2,3)4)12-19(11-17)34-25(26,27)28/h10-13,16H,5-9,14H2,1-4H3,(H2,29,32)(H,30,33). The third-order valence-corrected chi connectivity index (χ3v) is 5.98. The van der Waals surface area contributed by atoms with E-state index in [0.29, 0.717) is 35.0 Å². The summed E-state index contributed by atoms with van der Waals surface area (Å²) in [6, 6.07) is 5.40. The smallest absolute Gasteiger partial charge is 0.406 e. The van der Waals surface area contributed by atoms with E-state index in [9.17, 15) is 22.8 Å². The number of nitrogens with zero attached hydrogens (tertiary/aromatic N) is 1. The van der Waals surface area contributed by atoms with E-state index in [0.717, 1.165) is 31.7 Å². The molecular weight excluding hydrogens is 447 g/mol. The van der Waals surface area contributed by atoms with Gasteiger partial charge in [0.15, 0.2) is 0 Å². The van der Waals surface area contributed by atoms with Crippen LogP contribution in [0, 0.1) is 12.8 Å². The van der Waals surface area contributed by atoms with Gasteiger partial charge in [-0.3, -0.25) is 9.59 Å². The number of carbonyl (C=O) groups is 2. The van der Waals surface area contributed by atoms with Crippen LogP contribution in [0.5, 0.6) is 5.75 Å². The highest BCUT2D eigenvalue weighted by Crippen LogP contribution is 2.34. The maximum atomic E-state index is 13.1. The molecule has 0 radical (unpaired) electrons. The summed E-state index contributed by atoms with van der Waals surface area (Å²) in [7, 11) is 0. The van der Waals surface area contributed by atoms with Gasteiger partial charge in [0, 0.05) is 34.6 Å². The van der Waals surface area contributed by atoms with Crippen LogP contribution >= 0.6 is 0 Å². The Morgan fingerprint density at radius 3 is 2.29 bits per heavy atom. The summed E-state index contributed by atoms with van der Waals surface area (Å²) >= 11 is 0. The Kier molecular flexibility index (Phi) is 7.33. The monoisotopic (exact) mass is 479 g/mol. The normalized spacial score (nSPS) is 15.3. The second-order valence-electron chi connectivity index (χ2n) is 10.0. The molecule has 0 atom stereocenters. The fourth-order valence-corrected chi connectivity index (χ4v) is 4.48. The summed E-state index contributed by atoms with van der Waals surface area (Å²) in [4.78, 5) is 24.9. The van der Waals surface area contributed by atoms with E-state index in [1.807, 2.05) is 4.57 Å². The summed E-state index contributed by atoms with van der Waals surface area (Å²) in [5.74, 6) is -1.27. The number of ether oxygens (including phenoxy) is 1. The molecule has 0 bridgehead atoms. The predicted molar refractivity (Wildman–Crippen MR) is 124 cm³/mol. The average Bonchev–Trinajstić information content (AvgIpc) is 3.02. The molecule has 1 aromatic heterocycles. The Bertz CT molecular complexity index is 1060.